The third-order valence-electron chi connectivity index (χ3n) is 3.88. The lowest BCUT2D eigenvalue weighted by Crippen LogP contribution is -2.41. The minimum absolute atomic E-state index is 0.0521. The molecular formula is C13H21N5O4. The zero-order valence-corrected chi connectivity index (χ0v) is 12.9. The molecule has 0 spiro atoms. The molecule has 9 nitrogen and oxygen atoms in total. The topological polar surface area (TPSA) is 114 Å². The van der Waals surface area contributed by atoms with Gasteiger partial charge in [-0.05, 0) is 13.5 Å². The number of likely N-dealkylation sites (N-methyl/N-ethyl adjacent to an activating group) is 1. The number of aliphatic hydroxyl groups excluding tert-OH is 2. The lowest BCUT2D eigenvalue weighted by atomic mass is 10.1. The van der Waals surface area contributed by atoms with Crippen molar-refractivity contribution in [2.45, 2.75) is 25.1 Å². The van der Waals surface area contributed by atoms with Crippen LogP contribution in [0.2, 0.25) is 0 Å². The summed E-state index contributed by atoms with van der Waals surface area (Å²) in [5.41, 5.74) is -0.353. The van der Waals surface area contributed by atoms with Gasteiger partial charge in [0.2, 0.25) is 0 Å². The summed E-state index contributed by atoms with van der Waals surface area (Å²) in [7, 11) is 4.64. The smallest absolute Gasteiger partial charge is 0.332 e. The van der Waals surface area contributed by atoms with Crippen molar-refractivity contribution in [3.63, 3.8) is 0 Å². The van der Waals surface area contributed by atoms with E-state index in [2.05, 4.69) is 10.3 Å². The Kier molecular flexibility index (Phi) is 4.79. The van der Waals surface area contributed by atoms with Gasteiger partial charge in [0.05, 0.1) is 19.0 Å². The van der Waals surface area contributed by atoms with E-state index in [1.165, 1.54) is 22.5 Å². The van der Waals surface area contributed by atoms with Gasteiger partial charge >= 0.3 is 5.69 Å². The number of rotatable bonds is 6. The van der Waals surface area contributed by atoms with E-state index in [9.17, 15) is 14.7 Å². The first-order valence-corrected chi connectivity index (χ1v) is 6.99. The molecule has 22 heavy (non-hydrogen) atoms. The van der Waals surface area contributed by atoms with Crippen LogP contribution in [-0.2, 0) is 20.6 Å². The zero-order chi connectivity index (χ0) is 16.4. The average Bonchev–Trinajstić information content (AvgIpc) is 2.92. The summed E-state index contributed by atoms with van der Waals surface area (Å²) in [5.74, 6) is 0. The molecule has 122 valence electrons. The molecule has 2 rings (SSSR count). The minimum atomic E-state index is -0.809. The monoisotopic (exact) mass is 311 g/mol. The number of aryl methyl sites for hydroxylation is 1. The molecule has 2 atom stereocenters. The van der Waals surface area contributed by atoms with Crippen LogP contribution in [0.1, 0.15) is 6.42 Å². The van der Waals surface area contributed by atoms with Gasteiger partial charge in [0.15, 0.2) is 11.2 Å². The van der Waals surface area contributed by atoms with E-state index in [0.717, 1.165) is 4.57 Å². The molecule has 2 heterocycles. The van der Waals surface area contributed by atoms with E-state index in [1.807, 2.05) is 0 Å². The number of hydrogen-bond donors (Lipinski definition) is 3. The molecule has 0 radical (unpaired) electrons. The number of hydrogen-bond acceptors (Lipinski definition) is 6. The van der Waals surface area contributed by atoms with E-state index in [-0.39, 0.29) is 30.4 Å². The van der Waals surface area contributed by atoms with Crippen molar-refractivity contribution < 1.29 is 10.2 Å². The van der Waals surface area contributed by atoms with Gasteiger partial charge in [-0.1, -0.05) is 0 Å². The maximum Gasteiger partial charge on any atom is 0.332 e. The first-order valence-electron chi connectivity index (χ1n) is 6.99. The Morgan fingerprint density at radius 2 is 2.00 bits per heavy atom. The minimum Gasteiger partial charge on any atom is -0.396 e. The van der Waals surface area contributed by atoms with Crippen LogP contribution < -0.4 is 16.6 Å². The number of imidazole rings is 1. The van der Waals surface area contributed by atoms with E-state index in [1.54, 1.807) is 14.1 Å². The van der Waals surface area contributed by atoms with E-state index < -0.39 is 17.4 Å². The first-order chi connectivity index (χ1) is 10.4. The maximum absolute atomic E-state index is 12.3. The molecule has 0 saturated heterocycles. The molecule has 0 aromatic carbocycles. The van der Waals surface area contributed by atoms with Crippen molar-refractivity contribution in [3.05, 3.63) is 27.2 Å². The Bertz CT molecular complexity index is 775. The summed E-state index contributed by atoms with van der Waals surface area (Å²) in [6.45, 7) is 0.0823. The lowest BCUT2D eigenvalue weighted by molar-refractivity contribution is 0.0989. The first kappa shape index (κ1) is 16.4. The summed E-state index contributed by atoms with van der Waals surface area (Å²) >= 11 is 0. The average molecular weight is 311 g/mol. The van der Waals surface area contributed by atoms with Crippen molar-refractivity contribution in [3.8, 4) is 0 Å². The van der Waals surface area contributed by atoms with Crippen LogP contribution in [0.15, 0.2) is 15.9 Å². The molecule has 0 saturated carbocycles. The van der Waals surface area contributed by atoms with Gasteiger partial charge in [0.1, 0.15) is 0 Å². The molecule has 2 aromatic heterocycles. The predicted octanol–water partition coefficient (Wildman–Crippen LogP) is -2.23. The fourth-order valence-electron chi connectivity index (χ4n) is 2.53. The molecule has 0 fully saturated rings. The highest BCUT2D eigenvalue weighted by molar-refractivity contribution is 5.69. The Labute approximate surface area is 126 Å². The second-order valence-electron chi connectivity index (χ2n) is 5.25. The van der Waals surface area contributed by atoms with Crippen molar-refractivity contribution in [2.24, 2.45) is 14.1 Å². The second kappa shape index (κ2) is 6.42. The van der Waals surface area contributed by atoms with Crippen molar-refractivity contribution in [1.82, 2.24) is 24.0 Å². The fourth-order valence-corrected chi connectivity index (χ4v) is 2.53. The van der Waals surface area contributed by atoms with Gasteiger partial charge in [-0.3, -0.25) is 13.9 Å². The standard InChI is InChI=1S/C13H21N5O4/c1-14-8(4-5-19)9(20)6-18-7-15-11-10(18)12(21)17(3)13(22)16(11)2/h7-9,14,19-20H,4-6H2,1-3H3. The van der Waals surface area contributed by atoms with Gasteiger partial charge in [0, 0.05) is 26.7 Å². The molecule has 2 aromatic rings. The van der Waals surface area contributed by atoms with E-state index >= 15 is 0 Å². The maximum atomic E-state index is 12.3. The highest BCUT2D eigenvalue weighted by atomic mass is 16.3. The van der Waals surface area contributed by atoms with Crippen LogP contribution in [0.4, 0.5) is 0 Å². The molecule has 0 bridgehead atoms. The Balaban J connectivity index is 2.46. The second-order valence-corrected chi connectivity index (χ2v) is 5.25. The highest BCUT2D eigenvalue weighted by Gasteiger charge is 2.20. The largest absolute Gasteiger partial charge is 0.396 e. The van der Waals surface area contributed by atoms with Crippen molar-refractivity contribution in [2.75, 3.05) is 13.7 Å². The van der Waals surface area contributed by atoms with Gasteiger partial charge in [-0.2, -0.15) is 0 Å². The highest BCUT2D eigenvalue weighted by Crippen LogP contribution is 2.09. The summed E-state index contributed by atoms with van der Waals surface area (Å²) in [6, 6.07) is -0.307. The third kappa shape index (κ3) is 2.70. The number of nitrogens with one attached hydrogen (secondary N) is 1. The summed E-state index contributed by atoms with van der Waals surface area (Å²) in [5, 5.41) is 22.2. The van der Waals surface area contributed by atoms with Crippen LogP contribution in [0, 0.1) is 0 Å². The van der Waals surface area contributed by atoms with Gasteiger partial charge in [-0.15, -0.1) is 0 Å². The number of aromatic nitrogens is 4. The van der Waals surface area contributed by atoms with Crippen LogP contribution in [-0.4, -0.2) is 54.7 Å². The number of aliphatic hydroxyl groups is 2. The summed E-state index contributed by atoms with van der Waals surface area (Å²) in [6.07, 6.45) is 1.01. The van der Waals surface area contributed by atoms with E-state index in [4.69, 9.17) is 5.11 Å². The predicted molar refractivity (Wildman–Crippen MR) is 80.8 cm³/mol. The quantitative estimate of drug-likeness (QED) is 0.556. The fraction of sp³-hybridized carbons (Fsp3) is 0.615. The normalized spacial score (nSPS) is 14.4. The van der Waals surface area contributed by atoms with Gasteiger partial charge in [0.25, 0.3) is 5.56 Å². The molecule has 3 N–H and O–H groups in total. The van der Waals surface area contributed by atoms with Crippen LogP contribution in [0.25, 0.3) is 11.2 Å². The number of nitrogens with zero attached hydrogens (tertiary/aromatic N) is 4. The molecule has 0 aliphatic carbocycles. The molecule has 0 aliphatic rings. The zero-order valence-electron chi connectivity index (χ0n) is 12.9. The SMILES string of the molecule is CNC(CCO)C(O)Cn1cnc2c1c(=O)n(C)c(=O)n2C. The Hall–Kier alpha value is -1.97. The van der Waals surface area contributed by atoms with Crippen LogP contribution in [0.5, 0.6) is 0 Å². The lowest BCUT2D eigenvalue weighted by Gasteiger charge is -2.22. The summed E-state index contributed by atoms with van der Waals surface area (Å²) < 4.78 is 3.84. The molecule has 0 amide bonds. The molecule has 2 unspecified atom stereocenters. The third-order valence-corrected chi connectivity index (χ3v) is 3.88. The molecule has 9 heteroatoms. The van der Waals surface area contributed by atoms with Crippen LogP contribution in [0.3, 0.4) is 0 Å². The van der Waals surface area contributed by atoms with Crippen molar-refractivity contribution >= 4 is 11.2 Å². The Morgan fingerprint density at radius 3 is 2.59 bits per heavy atom. The Morgan fingerprint density at radius 1 is 1.32 bits per heavy atom. The van der Waals surface area contributed by atoms with E-state index in [0.29, 0.717) is 6.42 Å². The molecular weight excluding hydrogens is 290 g/mol. The van der Waals surface area contributed by atoms with Gasteiger partial charge in [-0.25, -0.2) is 9.78 Å². The molecule has 0 aliphatic heterocycles. The number of fused-ring (bicyclic) bond motifs is 1. The van der Waals surface area contributed by atoms with Crippen molar-refractivity contribution in [1.29, 1.82) is 0 Å². The summed E-state index contributed by atoms with van der Waals surface area (Å²) in [4.78, 5) is 28.2. The van der Waals surface area contributed by atoms with Gasteiger partial charge < -0.3 is 20.1 Å². The van der Waals surface area contributed by atoms with Crippen LogP contribution >= 0.6 is 0 Å².